The standard InChI is InChI=1S/C46H41N/c1-30-29-40(31(2)43-44(30)47(33-19-6-5-7-20-33)46(4)28-15-14-27-45(43,46)3)42-38-24-12-10-22-36(38)41(37-23-11-13-25-39(37)42)35-26-16-18-32-17-8-9-21-34(32)35/h5-13,16-26,29H,14-15,27-28H2,1-4H3. The number of benzene rings is 7. The van der Waals surface area contributed by atoms with Crippen LogP contribution in [-0.4, -0.2) is 5.54 Å². The molecule has 47 heavy (non-hydrogen) atoms. The molecule has 0 bridgehead atoms. The summed E-state index contributed by atoms with van der Waals surface area (Å²) in [5, 5.41) is 7.86. The Balaban J connectivity index is 1.39. The maximum absolute atomic E-state index is 2.73. The zero-order valence-electron chi connectivity index (χ0n) is 27.9. The lowest BCUT2D eigenvalue weighted by molar-refractivity contribution is 0.194. The Labute approximate surface area is 278 Å². The molecule has 2 aliphatic rings. The second kappa shape index (κ2) is 10.3. The van der Waals surface area contributed by atoms with Gasteiger partial charge in [0.2, 0.25) is 0 Å². The van der Waals surface area contributed by atoms with E-state index in [4.69, 9.17) is 0 Å². The van der Waals surface area contributed by atoms with Crippen LogP contribution in [0.15, 0.2) is 127 Å². The van der Waals surface area contributed by atoms with Crippen molar-refractivity contribution in [3.63, 3.8) is 0 Å². The van der Waals surface area contributed by atoms with Crippen LogP contribution in [0.5, 0.6) is 0 Å². The SMILES string of the molecule is Cc1cc(-c2c3ccccc3c(-c3cccc4ccccc34)c3ccccc23)c(C)c2c1N(c1ccccc1)C1(C)CCCCC21C. The number of rotatable bonds is 3. The van der Waals surface area contributed by atoms with E-state index in [0.717, 1.165) is 0 Å². The molecule has 0 radical (unpaired) electrons. The van der Waals surface area contributed by atoms with E-state index < -0.39 is 0 Å². The predicted molar refractivity (Wildman–Crippen MR) is 202 cm³/mol. The fourth-order valence-electron chi connectivity index (χ4n) is 9.76. The van der Waals surface area contributed by atoms with E-state index in [9.17, 15) is 0 Å². The molecule has 0 amide bonds. The van der Waals surface area contributed by atoms with Crippen molar-refractivity contribution in [1.29, 1.82) is 0 Å². The van der Waals surface area contributed by atoms with Crippen molar-refractivity contribution in [3.8, 4) is 22.3 Å². The van der Waals surface area contributed by atoms with Gasteiger partial charge in [-0.1, -0.05) is 129 Å². The summed E-state index contributed by atoms with van der Waals surface area (Å²) in [6.45, 7) is 9.90. The van der Waals surface area contributed by atoms with E-state index >= 15 is 0 Å². The summed E-state index contributed by atoms with van der Waals surface area (Å²) in [6, 6.07) is 47.5. The average molecular weight is 608 g/mol. The molecule has 1 heteroatoms. The van der Waals surface area contributed by atoms with Gasteiger partial charge in [0.05, 0.1) is 5.54 Å². The zero-order valence-corrected chi connectivity index (χ0v) is 27.9. The van der Waals surface area contributed by atoms with Crippen LogP contribution >= 0.6 is 0 Å². The second-order valence-electron chi connectivity index (χ2n) is 14.4. The van der Waals surface area contributed by atoms with E-state index in [1.807, 2.05) is 0 Å². The van der Waals surface area contributed by atoms with E-state index in [-0.39, 0.29) is 11.0 Å². The van der Waals surface area contributed by atoms with Gasteiger partial charge < -0.3 is 4.90 Å². The van der Waals surface area contributed by atoms with Crippen LogP contribution in [0.3, 0.4) is 0 Å². The fourth-order valence-corrected chi connectivity index (χ4v) is 9.76. The summed E-state index contributed by atoms with van der Waals surface area (Å²) in [7, 11) is 0. The minimum absolute atomic E-state index is 0.0193. The van der Waals surface area contributed by atoms with Crippen molar-refractivity contribution in [1.82, 2.24) is 0 Å². The Morgan fingerprint density at radius 2 is 1.06 bits per heavy atom. The minimum atomic E-state index is 0.0193. The highest BCUT2D eigenvalue weighted by molar-refractivity contribution is 6.23. The van der Waals surface area contributed by atoms with Gasteiger partial charge in [-0.05, 0) is 123 Å². The Hall–Kier alpha value is -4.88. The topological polar surface area (TPSA) is 3.24 Å². The molecular weight excluding hydrogens is 567 g/mol. The predicted octanol–water partition coefficient (Wildman–Crippen LogP) is 12.8. The van der Waals surface area contributed by atoms with Crippen LogP contribution < -0.4 is 4.90 Å². The highest BCUT2D eigenvalue weighted by Crippen LogP contribution is 2.63. The molecule has 9 rings (SSSR count). The van der Waals surface area contributed by atoms with Crippen molar-refractivity contribution >= 4 is 43.7 Å². The van der Waals surface area contributed by atoms with Crippen molar-refractivity contribution in [3.05, 3.63) is 144 Å². The van der Waals surface area contributed by atoms with Crippen molar-refractivity contribution in [2.24, 2.45) is 0 Å². The monoisotopic (exact) mass is 607 g/mol. The van der Waals surface area contributed by atoms with Crippen LogP contribution in [0.1, 0.15) is 56.2 Å². The molecule has 230 valence electrons. The maximum Gasteiger partial charge on any atom is 0.0518 e. The molecule has 7 aromatic carbocycles. The minimum Gasteiger partial charge on any atom is -0.334 e. The van der Waals surface area contributed by atoms with Gasteiger partial charge in [-0.25, -0.2) is 0 Å². The molecule has 2 atom stereocenters. The number of hydrogen-bond donors (Lipinski definition) is 0. The first-order chi connectivity index (χ1) is 22.9. The summed E-state index contributed by atoms with van der Waals surface area (Å²) in [4.78, 5) is 2.73. The summed E-state index contributed by atoms with van der Waals surface area (Å²) in [5.74, 6) is 0. The smallest absolute Gasteiger partial charge is 0.0518 e. The molecule has 1 fully saturated rings. The molecule has 2 unspecified atom stereocenters. The van der Waals surface area contributed by atoms with Crippen LogP contribution in [0.25, 0.3) is 54.6 Å². The third-order valence-corrected chi connectivity index (χ3v) is 12.1. The van der Waals surface area contributed by atoms with Crippen LogP contribution in [0.2, 0.25) is 0 Å². The van der Waals surface area contributed by atoms with Gasteiger partial charge in [0, 0.05) is 16.8 Å². The Morgan fingerprint density at radius 3 is 1.72 bits per heavy atom. The first-order valence-electron chi connectivity index (χ1n) is 17.3. The fraction of sp³-hybridized carbons (Fsp3) is 0.217. The molecule has 1 saturated carbocycles. The van der Waals surface area contributed by atoms with Crippen molar-refractivity contribution in [2.45, 2.75) is 64.3 Å². The van der Waals surface area contributed by atoms with Gasteiger partial charge in [0.1, 0.15) is 0 Å². The van der Waals surface area contributed by atoms with E-state index in [2.05, 4.69) is 160 Å². The third-order valence-electron chi connectivity index (χ3n) is 12.1. The highest BCUT2D eigenvalue weighted by Gasteiger charge is 2.58. The molecule has 0 aromatic heterocycles. The first-order valence-corrected chi connectivity index (χ1v) is 17.3. The molecule has 1 aliphatic carbocycles. The Morgan fingerprint density at radius 1 is 0.532 bits per heavy atom. The number of aryl methyl sites for hydroxylation is 1. The summed E-state index contributed by atoms with van der Waals surface area (Å²) >= 11 is 0. The molecule has 0 saturated heterocycles. The molecular formula is C46H41N. The first kappa shape index (κ1) is 28.4. The van der Waals surface area contributed by atoms with Crippen molar-refractivity contribution in [2.75, 3.05) is 4.90 Å². The molecule has 0 N–H and O–H groups in total. The second-order valence-corrected chi connectivity index (χ2v) is 14.4. The normalized spacial score (nSPS) is 20.6. The number of anilines is 2. The highest BCUT2D eigenvalue weighted by atomic mass is 15.3. The number of hydrogen-bond acceptors (Lipinski definition) is 1. The number of nitrogens with zero attached hydrogens (tertiary/aromatic N) is 1. The van der Waals surface area contributed by atoms with E-state index in [1.165, 1.54) is 103 Å². The van der Waals surface area contributed by atoms with Gasteiger partial charge in [0.25, 0.3) is 0 Å². The third kappa shape index (κ3) is 3.83. The van der Waals surface area contributed by atoms with Gasteiger partial charge in [0.15, 0.2) is 0 Å². The lowest BCUT2D eigenvalue weighted by atomic mass is 9.60. The Bertz CT molecular complexity index is 2300. The van der Waals surface area contributed by atoms with Gasteiger partial charge in [-0.3, -0.25) is 0 Å². The lowest BCUT2D eigenvalue weighted by Gasteiger charge is -2.50. The summed E-state index contributed by atoms with van der Waals surface area (Å²) in [6.07, 6.45) is 4.97. The maximum atomic E-state index is 2.73. The largest absolute Gasteiger partial charge is 0.334 e. The number of para-hydroxylation sites is 1. The Kier molecular flexibility index (Phi) is 6.22. The molecule has 0 spiro atoms. The molecule has 1 nitrogen and oxygen atoms in total. The van der Waals surface area contributed by atoms with Gasteiger partial charge in [-0.2, -0.15) is 0 Å². The van der Waals surface area contributed by atoms with Gasteiger partial charge >= 0.3 is 0 Å². The van der Waals surface area contributed by atoms with Gasteiger partial charge in [-0.15, -0.1) is 0 Å². The van der Waals surface area contributed by atoms with Crippen LogP contribution in [-0.2, 0) is 5.41 Å². The van der Waals surface area contributed by atoms with E-state index in [0.29, 0.717) is 0 Å². The van der Waals surface area contributed by atoms with Crippen molar-refractivity contribution < 1.29 is 0 Å². The quantitative estimate of drug-likeness (QED) is 0.181. The summed E-state index contributed by atoms with van der Waals surface area (Å²) < 4.78 is 0. The van der Waals surface area contributed by atoms with E-state index in [1.54, 1.807) is 5.56 Å². The molecule has 1 heterocycles. The van der Waals surface area contributed by atoms with Crippen LogP contribution in [0, 0.1) is 13.8 Å². The molecule has 1 aliphatic heterocycles. The number of fused-ring (bicyclic) bond motifs is 6. The zero-order chi connectivity index (χ0) is 31.9. The lowest BCUT2D eigenvalue weighted by Crippen LogP contribution is -2.54. The molecule has 7 aromatic rings. The average Bonchev–Trinajstić information content (AvgIpc) is 3.33. The van der Waals surface area contributed by atoms with Crippen LogP contribution in [0.4, 0.5) is 11.4 Å². The summed E-state index contributed by atoms with van der Waals surface area (Å²) in [5.41, 5.74) is 12.6.